The van der Waals surface area contributed by atoms with Gasteiger partial charge in [-0.15, -0.1) is 0 Å². The fraction of sp³-hybridized carbons (Fsp3) is 0.294. The quantitative estimate of drug-likeness (QED) is 0.863. The summed E-state index contributed by atoms with van der Waals surface area (Å²) in [7, 11) is 0. The van der Waals surface area contributed by atoms with Crippen molar-refractivity contribution in [2.45, 2.75) is 26.3 Å². The van der Waals surface area contributed by atoms with Crippen molar-refractivity contribution in [1.29, 1.82) is 0 Å². The van der Waals surface area contributed by atoms with E-state index in [1.165, 1.54) is 12.1 Å². The Hall–Kier alpha value is -1.74. The van der Waals surface area contributed by atoms with Gasteiger partial charge in [0.2, 0.25) is 0 Å². The van der Waals surface area contributed by atoms with Crippen molar-refractivity contribution in [3.63, 3.8) is 0 Å². The molecule has 0 bridgehead atoms. The summed E-state index contributed by atoms with van der Waals surface area (Å²) in [5, 5.41) is 3.24. The fourth-order valence-corrected chi connectivity index (χ4v) is 2.35. The maximum atomic E-state index is 14.0. The van der Waals surface area contributed by atoms with Crippen molar-refractivity contribution in [2.24, 2.45) is 0 Å². The van der Waals surface area contributed by atoms with Crippen molar-refractivity contribution in [1.82, 2.24) is 5.32 Å². The first-order valence-electron chi connectivity index (χ1n) is 6.84. The van der Waals surface area contributed by atoms with Gasteiger partial charge in [-0.25, -0.2) is 8.78 Å². The average Bonchev–Trinajstić information content (AvgIpc) is 2.43. The third-order valence-electron chi connectivity index (χ3n) is 3.36. The molecule has 2 rings (SSSR count). The second-order valence-electron chi connectivity index (χ2n) is 4.93. The number of hydrogen-bond donors (Lipinski definition) is 1. The zero-order chi connectivity index (χ0) is 14.5. The summed E-state index contributed by atoms with van der Waals surface area (Å²) in [5.41, 5.74) is 2.19. The molecule has 1 N–H and O–H groups in total. The van der Waals surface area contributed by atoms with Crippen LogP contribution in [0.1, 0.15) is 29.7 Å². The van der Waals surface area contributed by atoms with Crippen molar-refractivity contribution in [3.8, 4) is 0 Å². The molecule has 0 fully saturated rings. The summed E-state index contributed by atoms with van der Waals surface area (Å²) in [6.07, 6.45) is 0.431. The smallest absolute Gasteiger partial charge is 0.128 e. The standard InChI is InChI=1S/C17H19F2N/c1-3-20-17(11-13-6-4-5-7-15(13)18)14-10-12(2)8-9-16(14)19/h4-10,17,20H,3,11H2,1-2H3. The lowest BCUT2D eigenvalue weighted by atomic mass is 9.96. The highest BCUT2D eigenvalue weighted by Crippen LogP contribution is 2.23. The van der Waals surface area contributed by atoms with Crippen LogP contribution < -0.4 is 5.32 Å². The summed E-state index contributed by atoms with van der Waals surface area (Å²) in [5.74, 6) is -0.499. The van der Waals surface area contributed by atoms with Gasteiger partial charge in [-0.2, -0.15) is 0 Å². The molecule has 0 heterocycles. The summed E-state index contributed by atoms with van der Waals surface area (Å²) >= 11 is 0. The number of aryl methyl sites for hydroxylation is 1. The van der Waals surface area contributed by atoms with E-state index in [-0.39, 0.29) is 17.7 Å². The summed E-state index contributed by atoms with van der Waals surface area (Å²) in [6, 6.07) is 11.4. The number of likely N-dealkylation sites (N-methyl/N-ethyl adjacent to an activating group) is 1. The number of halogens is 2. The molecule has 106 valence electrons. The molecule has 0 aliphatic heterocycles. The van der Waals surface area contributed by atoms with Crippen molar-refractivity contribution >= 4 is 0 Å². The van der Waals surface area contributed by atoms with E-state index in [0.29, 0.717) is 24.1 Å². The third-order valence-corrected chi connectivity index (χ3v) is 3.36. The van der Waals surface area contributed by atoms with Crippen LogP contribution in [-0.4, -0.2) is 6.54 Å². The average molecular weight is 275 g/mol. The third kappa shape index (κ3) is 3.42. The molecule has 2 aromatic carbocycles. The maximum absolute atomic E-state index is 14.0. The summed E-state index contributed by atoms with van der Waals surface area (Å²) in [4.78, 5) is 0. The zero-order valence-electron chi connectivity index (χ0n) is 11.8. The molecule has 20 heavy (non-hydrogen) atoms. The van der Waals surface area contributed by atoms with Crippen molar-refractivity contribution in [2.75, 3.05) is 6.54 Å². The largest absolute Gasteiger partial charge is 0.310 e. The Morgan fingerprint density at radius 2 is 1.80 bits per heavy atom. The molecule has 0 aromatic heterocycles. The molecule has 0 aliphatic rings. The minimum atomic E-state index is -0.252. The number of rotatable bonds is 5. The van der Waals surface area contributed by atoms with Gasteiger partial charge in [0, 0.05) is 11.6 Å². The fourth-order valence-electron chi connectivity index (χ4n) is 2.35. The lowest BCUT2D eigenvalue weighted by molar-refractivity contribution is 0.498. The highest BCUT2D eigenvalue weighted by molar-refractivity contribution is 5.29. The van der Waals surface area contributed by atoms with E-state index < -0.39 is 0 Å². The minimum absolute atomic E-state index is 0.225. The van der Waals surface area contributed by atoms with Gasteiger partial charge >= 0.3 is 0 Å². The van der Waals surface area contributed by atoms with Gasteiger partial charge in [0.15, 0.2) is 0 Å². The first-order valence-corrected chi connectivity index (χ1v) is 6.84. The van der Waals surface area contributed by atoms with Crippen LogP contribution in [0.3, 0.4) is 0 Å². The van der Waals surface area contributed by atoms with E-state index in [2.05, 4.69) is 5.32 Å². The highest BCUT2D eigenvalue weighted by atomic mass is 19.1. The first-order chi connectivity index (χ1) is 9.61. The minimum Gasteiger partial charge on any atom is -0.310 e. The molecule has 1 unspecified atom stereocenters. The molecule has 0 aliphatic carbocycles. The Morgan fingerprint density at radius 1 is 1.05 bits per heavy atom. The van der Waals surface area contributed by atoms with E-state index in [1.54, 1.807) is 24.3 Å². The SMILES string of the molecule is CCNC(Cc1ccccc1F)c1cc(C)ccc1F. The molecule has 0 spiro atoms. The van der Waals surface area contributed by atoms with Crippen LogP contribution in [0.25, 0.3) is 0 Å². The second-order valence-corrected chi connectivity index (χ2v) is 4.93. The van der Waals surface area contributed by atoms with E-state index in [9.17, 15) is 8.78 Å². The normalized spacial score (nSPS) is 12.4. The molecular formula is C17H19F2N. The van der Waals surface area contributed by atoms with Gasteiger partial charge < -0.3 is 5.32 Å². The lowest BCUT2D eigenvalue weighted by Crippen LogP contribution is -2.24. The predicted octanol–water partition coefficient (Wildman–Crippen LogP) is 4.17. The van der Waals surface area contributed by atoms with Crippen LogP contribution in [0.4, 0.5) is 8.78 Å². The Bertz CT molecular complexity index is 581. The van der Waals surface area contributed by atoms with E-state index >= 15 is 0 Å². The topological polar surface area (TPSA) is 12.0 Å². The molecule has 1 atom stereocenters. The van der Waals surface area contributed by atoms with E-state index in [1.807, 2.05) is 19.9 Å². The van der Waals surface area contributed by atoms with Crippen LogP contribution in [0.5, 0.6) is 0 Å². The first kappa shape index (κ1) is 14.7. The predicted molar refractivity (Wildman–Crippen MR) is 77.7 cm³/mol. The Balaban J connectivity index is 2.32. The number of hydrogen-bond acceptors (Lipinski definition) is 1. The highest BCUT2D eigenvalue weighted by Gasteiger charge is 2.17. The van der Waals surface area contributed by atoms with Gasteiger partial charge in [0.1, 0.15) is 11.6 Å². The Morgan fingerprint density at radius 3 is 2.50 bits per heavy atom. The molecule has 1 nitrogen and oxygen atoms in total. The zero-order valence-corrected chi connectivity index (χ0v) is 11.8. The molecular weight excluding hydrogens is 256 g/mol. The van der Waals surface area contributed by atoms with Gasteiger partial charge in [-0.05, 0) is 37.6 Å². The van der Waals surface area contributed by atoms with Crippen LogP contribution in [0.2, 0.25) is 0 Å². The molecule has 0 saturated heterocycles. The number of benzene rings is 2. The monoisotopic (exact) mass is 275 g/mol. The van der Waals surface area contributed by atoms with Crippen LogP contribution in [0, 0.1) is 18.6 Å². The van der Waals surface area contributed by atoms with Gasteiger partial charge in [-0.1, -0.05) is 42.8 Å². The molecule has 0 saturated carbocycles. The van der Waals surface area contributed by atoms with Crippen molar-refractivity contribution in [3.05, 3.63) is 70.8 Å². The van der Waals surface area contributed by atoms with Gasteiger partial charge in [0.25, 0.3) is 0 Å². The van der Waals surface area contributed by atoms with Crippen LogP contribution >= 0.6 is 0 Å². The summed E-state index contributed by atoms with van der Waals surface area (Å²) < 4.78 is 27.8. The molecule has 2 aromatic rings. The van der Waals surface area contributed by atoms with Crippen molar-refractivity contribution < 1.29 is 8.78 Å². The summed E-state index contributed by atoms with van der Waals surface area (Å²) in [6.45, 7) is 4.59. The lowest BCUT2D eigenvalue weighted by Gasteiger charge is -2.20. The van der Waals surface area contributed by atoms with Gasteiger partial charge in [0.05, 0.1) is 0 Å². The van der Waals surface area contributed by atoms with Crippen LogP contribution in [0.15, 0.2) is 42.5 Å². The van der Waals surface area contributed by atoms with Crippen LogP contribution in [-0.2, 0) is 6.42 Å². The molecule has 0 radical (unpaired) electrons. The number of nitrogens with one attached hydrogen (secondary N) is 1. The second kappa shape index (κ2) is 6.62. The van der Waals surface area contributed by atoms with E-state index in [0.717, 1.165) is 5.56 Å². The maximum Gasteiger partial charge on any atom is 0.128 e. The van der Waals surface area contributed by atoms with Gasteiger partial charge in [-0.3, -0.25) is 0 Å². The Labute approximate surface area is 118 Å². The van der Waals surface area contributed by atoms with E-state index in [4.69, 9.17) is 0 Å². The molecule has 0 amide bonds. The molecule has 3 heteroatoms. The Kier molecular flexibility index (Phi) is 4.85.